The minimum Gasteiger partial charge on any atom is -0.508 e. The molecule has 8 heteroatoms. The second-order valence-corrected chi connectivity index (χ2v) is 7.03. The van der Waals surface area contributed by atoms with E-state index in [1.165, 1.54) is 19.3 Å². The van der Waals surface area contributed by atoms with Crippen molar-refractivity contribution in [2.75, 3.05) is 12.4 Å². The quantitative estimate of drug-likeness (QED) is 0.457. The number of hydrogen-bond donors (Lipinski definition) is 3. The Morgan fingerprint density at radius 2 is 1.93 bits per heavy atom. The molecule has 0 unspecified atom stereocenters. The van der Waals surface area contributed by atoms with Crippen molar-refractivity contribution >= 4 is 33.7 Å². The molecule has 7 nitrogen and oxygen atoms in total. The molecule has 29 heavy (non-hydrogen) atoms. The van der Waals surface area contributed by atoms with Crippen molar-refractivity contribution in [3.63, 3.8) is 0 Å². The molecular formula is C21H22BrNO6. The Kier molecular flexibility index (Phi) is 8.69. The zero-order chi connectivity index (χ0) is 21.2. The number of phenolic OH excluding ortho intramolecular Hbond substituents is 1. The highest BCUT2D eigenvalue weighted by Gasteiger charge is 2.29. The van der Waals surface area contributed by atoms with Crippen LogP contribution in [0.3, 0.4) is 0 Å². The smallest absolute Gasteiger partial charge is 0.412 e. The summed E-state index contributed by atoms with van der Waals surface area (Å²) < 4.78 is 11.8. The lowest BCUT2D eigenvalue weighted by Crippen LogP contribution is -2.28. The molecule has 0 saturated heterocycles. The predicted molar refractivity (Wildman–Crippen MR) is 112 cm³/mol. The lowest BCUT2D eigenvalue weighted by Gasteiger charge is -2.27. The van der Waals surface area contributed by atoms with E-state index in [4.69, 9.17) is 14.6 Å². The molecule has 1 amide bonds. The first-order chi connectivity index (χ1) is 13.9. The largest absolute Gasteiger partial charge is 0.508 e. The Bertz CT molecular complexity index is 856. The van der Waals surface area contributed by atoms with Gasteiger partial charge < -0.3 is 19.7 Å². The van der Waals surface area contributed by atoms with Gasteiger partial charge in [-0.05, 0) is 43.2 Å². The highest BCUT2D eigenvalue weighted by molar-refractivity contribution is 9.10. The second-order valence-electron chi connectivity index (χ2n) is 6.11. The maximum absolute atomic E-state index is 12.5. The van der Waals surface area contributed by atoms with Gasteiger partial charge in [-0.15, -0.1) is 0 Å². The summed E-state index contributed by atoms with van der Waals surface area (Å²) in [7, 11) is 1.46. The topological polar surface area (TPSA) is 105 Å². The molecule has 2 aromatic carbocycles. The number of para-hydroxylation sites is 1. The number of allylic oxidation sites excluding steroid dienone is 1. The highest BCUT2D eigenvalue weighted by Crippen LogP contribution is 2.34. The van der Waals surface area contributed by atoms with Crippen LogP contribution in [0.5, 0.6) is 5.75 Å². The minimum absolute atomic E-state index is 0.0474. The van der Waals surface area contributed by atoms with Crippen molar-refractivity contribution in [3.8, 4) is 5.75 Å². The van der Waals surface area contributed by atoms with Crippen molar-refractivity contribution in [1.29, 1.82) is 0 Å². The normalized spacial score (nSPS) is 13.0. The monoisotopic (exact) mass is 463 g/mol. The molecule has 0 bridgehead atoms. The molecule has 0 spiro atoms. The number of anilines is 1. The van der Waals surface area contributed by atoms with Gasteiger partial charge >= 0.3 is 12.1 Å². The van der Waals surface area contributed by atoms with Gasteiger partial charge in [0.05, 0.1) is 6.10 Å². The molecule has 0 saturated carbocycles. The van der Waals surface area contributed by atoms with Crippen LogP contribution in [0.25, 0.3) is 0 Å². The number of carboxylic acids is 1. The van der Waals surface area contributed by atoms with E-state index < -0.39 is 24.3 Å². The lowest BCUT2D eigenvalue weighted by molar-refractivity contribution is -0.131. The van der Waals surface area contributed by atoms with Gasteiger partial charge in [0.15, 0.2) is 6.10 Å². The van der Waals surface area contributed by atoms with E-state index >= 15 is 0 Å². The number of rotatable bonds is 9. The van der Waals surface area contributed by atoms with E-state index in [2.05, 4.69) is 21.2 Å². The molecule has 154 valence electrons. The molecule has 2 rings (SSSR count). The fraction of sp³-hybridized carbons (Fsp3) is 0.238. The third-order valence-electron chi connectivity index (χ3n) is 4.07. The van der Waals surface area contributed by atoms with Gasteiger partial charge in [-0.1, -0.05) is 40.2 Å². The summed E-state index contributed by atoms with van der Waals surface area (Å²) in [5.41, 5.74) is 0.935. The number of benzene rings is 2. The average Bonchev–Trinajstić information content (AvgIpc) is 2.69. The third-order valence-corrected chi connectivity index (χ3v) is 4.56. The van der Waals surface area contributed by atoms with Crippen LogP contribution in [0.15, 0.2) is 65.2 Å². The van der Waals surface area contributed by atoms with Crippen LogP contribution in [-0.2, 0) is 14.3 Å². The summed E-state index contributed by atoms with van der Waals surface area (Å²) in [5.74, 6) is -1.09. The van der Waals surface area contributed by atoms with E-state index in [1.807, 2.05) is 6.07 Å². The van der Waals surface area contributed by atoms with E-state index in [0.29, 0.717) is 28.6 Å². The number of amides is 1. The number of nitrogens with one attached hydrogen (secondary N) is 1. The van der Waals surface area contributed by atoms with Crippen molar-refractivity contribution in [2.24, 2.45) is 0 Å². The Labute approximate surface area is 177 Å². The van der Waals surface area contributed by atoms with E-state index in [9.17, 15) is 14.7 Å². The van der Waals surface area contributed by atoms with Crippen LogP contribution in [0.1, 0.15) is 24.5 Å². The number of aromatic hydroxyl groups is 1. The number of carboxylic acid groups (broad SMARTS) is 1. The first-order valence-corrected chi connectivity index (χ1v) is 9.63. The zero-order valence-electron chi connectivity index (χ0n) is 15.7. The number of phenols is 1. The van der Waals surface area contributed by atoms with Gasteiger partial charge in [0.25, 0.3) is 0 Å². The van der Waals surface area contributed by atoms with Gasteiger partial charge in [0.1, 0.15) is 5.75 Å². The number of ether oxygens (including phenoxy) is 2. The van der Waals surface area contributed by atoms with E-state index in [0.717, 1.165) is 6.08 Å². The van der Waals surface area contributed by atoms with Gasteiger partial charge in [0, 0.05) is 28.9 Å². The Hall–Kier alpha value is -2.84. The number of hydrogen-bond acceptors (Lipinski definition) is 5. The summed E-state index contributed by atoms with van der Waals surface area (Å²) >= 11 is 3.35. The van der Waals surface area contributed by atoms with Gasteiger partial charge in [0.2, 0.25) is 0 Å². The third kappa shape index (κ3) is 7.24. The summed E-state index contributed by atoms with van der Waals surface area (Å²) in [4.78, 5) is 23.1. The first kappa shape index (κ1) is 22.4. The van der Waals surface area contributed by atoms with Crippen LogP contribution >= 0.6 is 15.9 Å². The van der Waals surface area contributed by atoms with E-state index in [-0.39, 0.29) is 5.75 Å². The van der Waals surface area contributed by atoms with Gasteiger partial charge in [-0.3, -0.25) is 5.32 Å². The Morgan fingerprint density at radius 3 is 2.59 bits per heavy atom. The van der Waals surface area contributed by atoms with Gasteiger partial charge in [-0.2, -0.15) is 0 Å². The minimum atomic E-state index is -1.04. The van der Waals surface area contributed by atoms with Crippen molar-refractivity contribution in [2.45, 2.75) is 25.0 Å². The lowest BCUT2D eigenvalue weighted by atomic mass is 9.99. The molecule has 0 fully saturated rings. The molecule has 3 N–H and O–H groups in total. The van der Waals surface area contributed by atoms with Crippen molar-refractivity contribution < 1.29 is 29.3 Å². The van der Waals surface area contributed by atoms with Crippen molar-refractivity contribution in [1.82, 2.24) is 0 Å². The van der Waals surface area contributed by atoms with E-state index in [1.54, 1.807) is 36.4 Å². The van der Waals surface area contributed by atoms with Crippen LogP contribution in [0.2, 0.25) is 0 Å². The Balaban J connectivity index is 2.23. The molecule has 2 atom stereocenters. The molecule has 0 aliphatic rings. The Morgan fingerprint density at radius 1 is 1.21 bits per heavy atom. The molecule has 0 radical (unpaired) electrons. The predicted octanol–water partition coefficient (Wildman–Crippen LogP) is 4.88. The van der Waals surface area contributed by atoms with Crippen LogP contribution in [0.4, 0.5) is 10.5 Å². The number of carbonyl (C=O) groups is 2. The van der Waals surface area contributed by atoms with Crippen LogP contribution in [-0.4, -0.2) is 35.5 Å². The number of carbonyl (C=O) groups excluding carboxylic acids is 1. The maximum Gasteiger partial charge on any atom is 0.412 e. The molecule has 0 aromatic heterocycles. The first-order valence-electron chi connectivity index (χ1n) is 8.84. The number of methoxy groups -OCH3 is 1. The molecule has 0 aliphatic heterocycles. The SMILES string of the molecule is CO[C@@H](CC/C=C/C(=O)O)[C@@H](OC(=O)Nc1ccccc1)c1cc(Br)ccc1O. The standard InChI is InChI=1S/C21H22BrNO6/c1-28-18(9-5-6-10-19(25)26)20(16-13-14(22)11-12-17(16)24)29-21(27)23-15-7-3-2-4-8-15/h2-4,6-8,10-13,18,20,24H,5,9H2,1H3,(H,23,27)(H,25,26)/b10-6+/t18-,20-/m0/s1. The fourth-order valence-corrected chi connectivity index (χ4v) is 3.09. The second kappa shape index (κ2) is 11.2. The summed E-state index contributed by atoms with van der Waals surface area (Å²) in [5, 5.41) is 21.7. The molecule has 0 heterocycles. The van der Waals surface area contributed by atoms with Gasteiger partial charge in [-0.25, -0.2) is 9.59 Å². The highest BCUT2D eigenvalue weighted by atomic mass is 79.9. The fourth-order valence-electron chi connectivity index (χ4n) is 2.71. The van der Waals surface area contributed by atoms with Crippen LogP contribution in [0, 0.1) is 0 Å². The summed E-state index contributed by atoms with van der Waals surface area (Å²) in [6, 6.07) is 13.6. The summed E-state index contributed by atoms with van der Waals surface area (Å²) in [6.07, 6.45) is 1.06. The number of aliphatic carboxylic acids is 1. The molecule has 0 aliphatic carbocycles. The molecule has 2 aromatic rings. The van der Waals surface area contributed by atoms with Crippen molar-refractivity contribution in [3.05, 3.63) is 70.7 Å². The zero-order valence-corrected chi connectivity index (χ0v) is 17.3. The number of halogens is 1. The average molecular weight is 464 g/mol. The summed E-state index contributed by atoms with van der Waals surface area (Å²) in [6.45, 7) is 0. The molecular weight excluding hydrogens is 442 g/mol. The van der Waals surface area contributed by atoms with Crippen LogP contribution < -0.4 is 5.32 Å². The maximum atomic E-state index is 12.5.